The number of ether oxygens (including phenoxy) is 1. The fraction of sp³-hybridized carbons (Fsp3) is 0.455. The number of hydrogen-bond acceptors (Lipinski definition) is 4. The van der Waals surface area contributed by atoms with E-state index in [9.17, 15) is 13.2 Å². The first kappa shape index (κ1) is 14.4. The molecule has 0 saturated carbocycles. The van der Waals surface area contributed by atoms with Crippen LogP contribution in [0.2, 0.25) is 0 Å². The number of anilines is 2. The zero-order valence-electron chi connectivity index (χ0n) is 9.87. The topological polar surface area (TPSA) is 58.7 Å². The molecule has 102 valence electrons. The number of benzene rings is 1. The van der Waals surface area contributed by atoms with Crippen molar-refractivity contribution >= 4 is 11.4 Å². The number of alkyl halides is 3. The Bertz CT molecular complexity index is 396. The third-order valence-electron chi connectivity index (χ3n) is 2.32. The highest BCUT2D eigenvalue weighted by atomic mass is 19.4. The van der Waals surface area contributed by atoms with Crippen molar-refractivity contribution in [1.82, 2.24) is 0 Å². The summed E-state index contributed by atoms with van der Waals surface area (Å²) in [7, 11) is 1.44. The molecule has 0 aliphatic heterocycles. The Hall–Kier alpha value is -1.63. The van der Waals surface area contributed by atoms with Crippen molar-refractivity contribution in [2.24, 2.45) is 0 Å². The van der Waals surface area contributed by atoms with Crippen LogP contribution in [0, 0.1) is 0 Å². The molecule has 0 fully saturated rings. The Labute approximate surface area is 103 Å². The lowest BCUT2D eigenvalue weighted by molar-refractivity contribution is -0.119. The maximum absolute atomic E-state index is 12.4. The normalized spacial score (nSPS) is 11.4. The van der Waals surface area contributed by atoms with Crippen molar-refractivity contribution in [2.45, 2.75) is 6.18 Å². The van der Waals surface area contributed by atoms with Crippen molar-refractivity contribution in [1.29, 1.82) is 0 Å². The number of halogens is 3. The molecule has 3 N–H and O–H groups in total. The number of methoxy groups -OCH3 is 1. The first-order valence-electron chi connectivity index (χ1n) is 5.23. The van der Waals surface area contributed by atoms with Crippen LogP contribution < -0.4 is 15.4 Å². The molecular formula is C11H15F3N2O2. The van der Waals surface area contributed by atoms with E-state index in [1.807, 2.05) is 0 Å². The Morgan fingerprint density at radius 3 is 2.50 bits per heavy atom. The van der Waals surface area contributed by atoms with E-state index in [0.29, 0.717) is 5.75 Å². The summed E-state index contributed by atoms with van der Waals surface area (Å²) >= 11 is 0. The summed E-state index contributed by atoms with van der Waals surface area (Å²) in [6.07, 6.45) is -4.36. The fourth-order valence-corrected chi connectivity index (χ4v) is 1.57. The minimum atomic E-state index is -4.36. The number of nitrogens with zero attached hydrogens (tertiary/aromatic N) is 1. The molecule has 1 aromatic carbocycles. The van der Waals surface area contributed by atoms with Crippen LogP contribution in [0.15, 0.2) is 18.2 Å². The van der Waals surface area contributed by atoms with E-state index in [-0.39, 0.29) is 24.5 Å². The Morgan fingerprint density at radius 1 is 1.39 bits per heavy atom. The molecule has 0 aliphatic carbocycles. The van der Waals surface area contributed by atoms with E-state index in [0.717, 1.165) is 4.90 Å². The highest BCUT2D eigenvalue weighted by Gasteiger charge is 2.31. The van der Waals surface area contributed by atoms with Gasteiger partial charge in [0.2, 0.25) is 0 Å². The number of aliphatic hydroxyl groups excluding tert-OH is 1. The number of hydrogen-bond donors (Lipinski definition) is 2. The Kier molecular flexibility index (Phi) is 4.66. The van der Waals surface area contributed by atoms with Crippen molar-refractivity contribution in [3.63, 3.8) is 0 Å². The van der Waals surface area contributed by atoms with Crippen LogP contribution in [0.1, 0.15) is 0 Å². The molecule has 0 aromatic heterocycles. The molecule has 0 aliphatic rings. The van der Waals surface area contributed by atoms with Crippen molar-refractivity contribution < 1.29 is 23.0 Å². The highest BCUT2D eigenvalue weighted by Crippen LogP contribution is 2.29. The van der Waals surface area contributed by atoms with Gasteiger partial charge in [0.15, 0.2) is 0 Å². The number of rotatable bonds is 5. The number of nitrogen functional groups attached to an aromatic ring is 1. The summed E-state index contributed by atoms with van der Waals surface area (Å²) < 4.78 is 42.1. The fourth-order valence-electron chi connectivity index (χ4n) is 1.57. The number of nitrogens with two attached hydrogens (primary N) is 1. The summed E-state index contributed by atoms with van der Waals surface area (Å²) in [4.78, 5) is 0.981. The maximum Gasteiger partial charge on any atom is 0.405 e. The average molecular weight is 264 g/mol. The second kappa shape index (κ2) is 5.81. The molecular weight excluding hydrogens is 249 g/mol. The van der Waals surface area contributed by atoms with Crippen LogP contribution >= 0.6 is 0 Å². The van der Waals surface area contributed by atoms with Gasteiger partial charge in [-0.15, -0.1) is 0 Å². The van der Waals surface area contributed by atoms with Gasteiger partial charge in [-0.05, 0) is 12.1 Å². The second-order valence-corrected chi connectivity index (χ2v) is 3.69. The summed E-state index contributed by atoms with van der Waals surface area (Å²) in [5.41, 5.74) is 6.07. The first-order valence-corrected chi connectivity index (χ1v) is 5.23. The van der Waals surface area contributed by atoms with Gasteiger partial charge in [-0.3, -0.25) is 0 Å². The lowest BCUT2D eigenvalue weighted by atomic mass is 10.2. The molecule has 1 aromatic rings. The quantitative estimate of drug-likeness (QED) is 0.794. The molecule has 4 nitrogen and oxygen atoms in total. The first-order chi connectivity index (χ1) is 8.37. The standard InChI is InChI=1S/C11H15F3N2O2/c1-18-8-2-3-10(9(15)6-8)16(4-5-17)7-11(12,13)14/h2-3,6,17H,4-5,7,15H2,1H3. The molecule has 0 amide bonds. The third kappa shape index (κ3) is 3.99. The van der Waals surface area contributed by atoms with E-state index in [2.05, 4.69) is 0 Å². The van der Waals surface area contributed by atoms with Gasteiger partial charge in [-0.2, -0.15) is 13.2 Å². The largest absolute Gasteiger partial charge is 0.497 e. The van der Waals surface area contributed by atoms with Gasteiger partial charge < -0.3 is 20.5 Å². The van der Waals surface area contributed by atoms with Gasteiger partial charge in [0.1, 0.15) is 12.3 Å². The van der Waals surface area contributed by atoms with E-state index in [1.165, 1.54) is 25.3 Å². The SMILES string of the molecule is COc1ccc(N(CCO)CC(F)(F)F)c(N)c1. The van der Waals surface area contributed by atoms with Gasteiger partial charge in [-0.1, -0.05) is 0 Å². The summed E-state index contributed by atoms with van der Waals surface area (Å²) in [6.45, 7) is -1.69. The Balaban J connectivity index is 2.98. The van der Waals surface area contributed by atoms with E-state index < -0.39 is 12.7 Å². The predicted octanol–water partition coefficient (Wildman–Crippen LogP) is 1.64. The van der Waals surface area contributed by atoms with Gasteiger partial charge in [0, 0.05) is 12.6 Å². The van der Waals surface area contributed by atoms with Crippen molar-refractivity contribution in [3.8, 4) is 5.75 Å². The zero-order chi connectivity index (χ0) is 13.8. The molecule has 0 bridgehead atoms. The third-order valence-corrected chi connectivity index (χ3v) is 2.32. The molecule has 18 heavy (non-hydrogen) atoms. The summed E-state index contributed by atoms with van der Waals surface area (Å²) in [6, 6.07) is 4.40. The molecule has 0 atom stereocenters. The Morgan fingerprint density at radius 2 is 2.06 bits per heavy atom. The molecule has 7 heteroatoms. The predicted molar refractivity (Wildman–Crippen MR) is 62.8 cm³/mol. The van der Waals surface area contributed by atoms with Crippen LogP contribution in [0.25, 0.3) is 0 Å². The lowest BCUT2D eigenvalue weighted by Crippen LogP contribution is -2.36. The van der Waals surface area contributed by atoms with Crippen molar-refractivity contribution in [3.05, 3.63) is 18.2 Å². The van der Waals surface area contributed by atoms with Crippen molar-refractivity contribution in [2.75, 3.05) is 37.4 Å². The van der Waals surface area contributed by atoms with Crippen LogP contribution in [0.3, 0.4) is 0 Å². The summed E-state index contributed by atoms with van der Waals surface area (Å²) in [5, 5.41) is 8.81. The minimum Gasteiger partial charge on any atom is -0.497 e. The number of aliphatic hydroxyl groups is 1. The summed E-state index contributed by atoms with van der Waals surface area (Å²) in [5.74, 6) is 0.465. The van der Waals surface area contributed by atoms with Crippen LogP contribution in [0.5, 0.6) is 5.75 Å². The molecule has 0 spiro atoms. The van der Waals surface area contributed by atoms with Crippen LogP contribution in [0.4, 0.5) is 24.5 Å². The highest BCUT2D eigenvalue weighted by molar-refractivity contribution is 5.69. The molecule has 0 saturated heterocycles. The monoisotopic (exact) mass is 264 g/mol. The van der Waals surface area contributed by atoms with Gasteiger partial charge in [0.05, 0.1) is 25.1 Å². The smallest absolute Gasteiger partial charge is 0.405 e. The van der Waals surface area contributed by atoms with Crippen LogP contribution in [-0.4, -0.2) is 38.1 Å². The van der Waals surface area contributed by atoms with Gasteiger partial charge >= 0.3 is 6.18 Å². The van der Waals surface area contributed by atoms with E-state index in [4.69, 9.17) is 15.6 Å². The maximum atomic E-state index is 12.4. The second-order valence-electron chi connectivity index (χ2n) is 3.69. The van der Waals surface area contributed by atoms with E-state index >= 15 is 0 Å². The molecule has 1 rings (SSSR count). The van der Waals surface area contributed by atoms with Gasteiger partial charge in [-0.25, -0.2) is 0 Å². The van der Waals surface area contributed by atoms with E-state index in [1.54, 1.807) is 0 Å². The average Bonchev–Trinajstić information content (AvgIpc) is 2.26. The molecule has 0 unspecified atom stereocenters. The van der Waals surface area contributed by atoms with Gasteiger partial charge in [0.25, 0.3) is 0 Å². The zero-order valence-corrected chi connectivity index (χ0v) is 9.87. The minimum absolute atomic E-state index is 0.143. The van der Waals surface area contributed by atoms with Crippen LogP contribution in [-0.2, 0) is 0 Å². The lowest BCUT2D eigenvalue weighted by Gasteiger charge is -2.26. The molecule has 0 radical (unpaired) electrons. The molecule has 0 heterocycles.